The monoisotopic (exact) mass is 357 g/mol. The van der Waals surface area contributed by atoms with Gasteiger partial charge in [-0.05, 0) is 49.8 Å². The van der Waals surface area contributed by atoms with Gasteiger partial charge < -0.3 is 0 Å². The summed E-state index contributed by atoms with van der Waals surface area (Å²) in [6.45, 7) is 7.09. The highest BCUT2D eigenvalue weighted by Crippen LogP contribution is 2.31. The number of rotatable bonds is 16. The smallest absolute Gasteiger partial charge is 0.00369 e. The highest BCUT2D eigenvalue weighted by atomic mass is 32.1. The summed E-state index contributed by atoms with van der Waals surface area (Å²) >= 11 is 4.96. The van der Waals surface area contributed by atoms with Crippen molar-refractivity contribution >= 4 is 21.2 Å². The zero-order valence-corrected chi connectivity index (χ0v) is 18.0. The van der Waals surface area contributed by atoms with E-state index in [2.05, 4.69) is 32.9 Å². The Morgan fingerprint density at radius 1 is 0.652 bits per heavy atom. The van der Waals surface area contributed by atoms with Crippen molar-refractivity contribution in [1.29, 1.82) is 0 Å². The van der Waals surface area contributed by atoms with E-state index in [0.717, 1.165) is 14.3 Å². The molecule has 0 heterocycles. The largest absolute Gasteiger partial charge is 0.117 e. The van der Waals surface area contributed by atoms with E-state index in [-0.39, 0.29) is 0 Å². The molecule has 0 saturated carbocycles. The van der Waals surface area contributed by atoms with Crippen LogP contribution >= 0.6 is 21.2 Å². The Hall–Kier alpha value is 0.520. The molecule has 2 heteroatoms. The quantitative estimate of drug-likeness (QED) is 0.148. The van der Waals surface area contributed by atoms with Crippen LogP contribution in [0, 0.1) is 0 Å². The van der Waals surface area contributed by atoms with Gasteiger partial charge in [0.1, 0.15) is 0 Å². The van der Waals surface area contributed by atoms with Crippen LogP contribution in [0.3, 0.4) is 0 Å². The molecule has 1 radical (unpaired) electrons. The Morgan fingerprint density at radius 2 is 1.09 bits per heavy atom. The standard InChI is InChI=1S/C21H42PS/c1-21(2,3)22-19-17-15-13-11-9-7-5-4-6-8-10-12-14-16-18-20-23/h4,6,22H,5,7-20H2,1-3H3/b6-4-. The van der Waals surface area contributed by atoms with Gasteiger partial charge >= 0.3 is 0 Å². The number of hydrogen-bond acceptors (Lipinski definition) is 0. The highest BCUT2D eigenvalue weighted by molar-refractivity contribution is 7.80. The fourth-order valence-electron chi connectivity index (χ4n) is 2.69. The normalized spacial score (nSPS) is 12.9. The van der Waals surface area contributed by atoms with E-state index in [4.69, 9.17) is 12.6 Å². The summed E-state index contributed by atoms with van der Waals surface area (Å²) < 4.78 is 0. The summed E-state index contributed by atoms with van der Waals surface area (Å²) in [6.07, 6.45) is 24.1. The third kappa shape index (κ3) is 22.5. The maximum atomic E-state index is 4.96. The van der Waals surface area contributed by atoms with Gasteiger partial charge in [0, 0.05) is 5.75 Å². The molecule has 0 nitrogen and oxygen atoms in total. The summed E-state index contributed by atoms with van der Waals surface area (Å²) in [7, 11) is 1.14. The second-order valence-corrected chi connectivity index (χ2v) is 10.6. The average Bonchev–Trinajstić information content (AvgIpc) is 2.49. The fraction of sp³-hybridized carbons (Fsp3) is 0.905. The lowest BCUT2D eigenvalue weighted by Gasteiger charge is -2.17. The molecule has 0 aliphatic rings. The molecule has 23 heavy (non-hydrogen) atoms. The summed E-state index contributed by atoms with van der Waals surface area (Å²) in [5, 5.41) is 0.553. The summed E-state index contributed by atoms with van der Waals surface area (Å²) in [6, 6.07) is 0. The van der Waals surface area contributed by atoms with Crippen molar-refractivity contribution in [2.45, 2.75) is 109 Å². The van der Waals surface area contributed by atoms with E-state index >= 15 is 0 Å². The maximum Gasteiger partial charge on any atom is 0.00369 e. The van der Waals surface area contributed by atoms with Gasteiger partial charge in [0.25, 0.3) is 0 Å². The highest BCUT2D eigenvalue weighted by Gasteiger charge is 2.08. The van der Waals surface area contributed by atoms with Crippen LogP contribution in [0.4, 0.5) is 0 Å². The van der Waals surface area contributed by atoms with Gasteiger partial charge in [-0.25, -0.2) is 0 Å². The van der Waals surface area contributed by atoms with Crippen molar-refractivity contribution in [3.8, 4) is 0 Å². The van der Waals surface area contributed by atoms with Crippen molar-refractivity contribution in [3.05, 3.63) is 12.2 Å². The first kappa shape index (κ1) is 23.5. The minimum Gasteiger partial charge on any atom is -0.117 e. The van der Waals surface area contributed by atoms with E-state index in [1.165, 1.54) is 89.6 Å². The van der Waals surface area contributed by atoms with Gasteiger partial charge in [-0.1, -0.05) is 90.5 Å². The first-order valence-electron chi connectivity index (χ1n) is 10.0. The van der Waals surface area contributed by atoms with Crippen LogP contribution in [-0.4, -0.2) is 17.1 Å². The first-order valence-corrected chi connectivity index (χ1v) is 11.8. The Morgan fingerprint density at radius 3 is 1.57 bits per heavy atom. The Bertz CT molecular complexity index is 255. The lowest BCUT2D eigenvalue weighted by Crippen LogP contribution is -2.05. The second-order valence-electron chi connectivity index (χ2n) is 7.82. The van der Waals surface area contributed by atoms with E-state index < -0.39 is 0 Å². The van der Waals surface area contributed by atoms with Crippen molar-refractivity contribution in [3.63, 3.8) is 0 Å². The first-order chi connectivity index (χ1) is 11.1. The molecule has 0 aliphatic carbocycles. The SMILES string of the molecule is CC(C)(C)PCCCCCCCC/C=C\CCCCCCC[S]. The third-order valence-electron chi connectivity index (χ3n) is 4.13. The maximum absolute atomic E-state index is 4.96. The van der Waals surface area contributed by atoms with Crippen LogP contribution in [0.5, 0.6) is 0 Å². The topological polar surface area (TPSA) is 0 Å². The molecule has 0 aromatic heterocycles. The predicted molar refractivity (Wildman–Crippen MR) is 115 cm³/mol. The van der Waals surface area contributed by atoms with Gasteiger partial charge in [0.05, 0.1) is 0 Å². The van der Waals surface area contributed by atoms with Crippen LogP contribution in [0.15, 0.2) is 12.2 Å². The molecule has 1 unspecified atom stereocenters. The molecule has 0 saturated heterocycles. The second kappa shape index (κ2) is 17.3. The predicted octanol–water partition coefficient (Wildman–Crippen LogP) is 8.29. The van der Waals surface area contributed by atoms with Crippen LogP contribution in [-0.2, 0) is 0 Å². The zero-order valence-electron chi connectivity index (χ0n) is 16.2. The molecule has 0 N–H and O–H groups in total. The number of hydrogen-bond donors (Lipinski definition) is 0. The summed E-state index contributed by atoms with van der Waals surface area (Å²) in [5.41, 5.74) is 0. The Kier molecular flexibility index (Phi) is 17.7. The molecule has 0 aromatic carbocycles. The zero-order chi connectivity index (χ0) is 17.2. The molecule has 0 fully saturated rings. The molecule has 137 valence electrons. The van der Waals surface area contributed by atoms with Gasteiger partial charge in [-0.3, -0.25) is 0 Å². The van der Waals surface area contributed by atoms with Crippen LogP contribution in [0.2, 0.25) is 0 Å². The fourth-order valence-corrected chi connectivity index (χ4v) is 4.07. The minimum atomic E-state index is 0.553. The van der Waals surface area contributed by atoms with E-state index in [1.807, 2.05) is 0 Å². The van der Waals surface area contributed by atoms with Gasteiger partial charge in [0.2, 0.25) is 0 Å². The molecule has 0 spiro atoms. The molecular formula is C21H42PS. The van der Waals surface area contributed by atoms with Crippen molar-refractivity contribution in [2.75, 3.05) is 11.9 Å². The van der Waals surface area contributed by atoms with Crippen LogP contribution < -0.4 is 0 Å². The van der Waals surface area contributed by atoms with Crippen molar-refractivity contribution in [2.24, 2.45) is 0 Å². The molecular weight excluding hydrogens is 315 g/mol. The molecule has 0 rings (SSSR count). The van der Waals surface area contributed by atoms with Crippen molar-refractivity contribution < 1.29 is 0 Å². The molecule has 1 atom stereocenters. The van der Waals surface area contributed by atoms with Gasteiger partial charge in [0.15, 0.2) is 0 Å². The van der Waals surface area contributed by atoms with E-state index in [0.29, 0.717) is 5.16 Å². The third-order valence-corrected chi connectivity index (χ3v) is 6.09. The molecule has 0 amide bonds. The summed E-state index contributed by atoms with van der Waals surface area (Å²) in [5.74, 6) is 0.942. The minimum absolute atomic E-state index is 0.553. The lowest BCUT2D eigenvalue weighted by atomic mass is 10.1. The van der Waals surface area contributed by atoms with Crippen LogP contribution in [0.25, 0.3) is 0 Å². The van der Waals surface area contributed by atoms with Crippen LogP contribution in [0.1, 0.15) is 104 Å². The molecule has 0 aliphatic heterocycles. The van der Waals surface area contributed by atoms with Gasteiger partial charge in [-0.2, -0.15) is 0 Å². The van der Waals surface area contributed by atoms with E-state index in [9.17, 15) is 0 Å². The average molecular weight is 358 g/mol. The van der Waals surface area contributed by atoms with Crippen molar-refractivity contribution in [1.82, 2.24) is 0 Å². The number of unbranched alkanes of at least 4 members (excludes halogenated alkanes) is 11. The summed E-state index contributed by atoms with van der Waals surface area (Å²) in [4.78, 5) is 0. The van der Waals surface area contributed by atoms with Gasteiger partial charge in [-0.15, -0.1) is 8.58 Å². The Balaban J connectivity index is 3.11. The van der Waals surface area contributed by atoms with E-state index in [1.54, 1.807) is 0 Å². The lowest BCUT2D eigenvalue weighted by molar-refractivity contribution is 0.611. The number of allylic oxidation sites excluding steroid dienone is 2. The molecule has 0 bridgehead atoms. The molecule has 0 aromatic rings. The Labute approximate surface area is 154 Å².